The Morgan fingerprint density at radius 3 is 2.67 bits per heavy atom. The van der Waals surface area contributed by atoms with Crippen LogP contribution < -0.4 is 0 Å². The van der Waals surface area contributed by atoms with Crippen LogP contribution in [-0.4, -0.2) is 54.2 Å². The van der Waals surface area contributed by atoms with Gasteiger partial charge in [-0.2, -0.15) is 5.26 Å². The van der Waals surface area contributed by atoms with Gasteiger partial charge in [0.1, 0.15) is 0 Å². The molecule has 2 atom stereocenters. The number of likely N-dealkylation sites (N-methyl/N-ethyl adjacent to an activating group) is 1. The van der Waals surface area contributed by atoms with E-state index in [2.05, 4.69) is 29.8 Å². The number of rotatable bonds is 4. The van der Waals surface area contributed by atoms with Crippen molar-refractivity contribution in [1.82, 2.24) is 9.80 Å². The highest BCUT2D eigenvalue weighted by Crippen LogP contribution is 2.19. The van der Waals surface area contributed by atoms with Gasteiger partial charge in [0.15, 0.2) is 0 Å². The molecule has 2 rings (SSSR count). The van der Waals surface area contributed by atoms with Crippen molar-refractivity contribution in [1.29, 1.82) is 5.26 Å². The number of hydrogen-bond donors (Lipinski definition) is 1. The van der Waals surface area contributed by atoms with E-state index < -0.39 is 6.10 Å². The second-order valence-corrected chi connectivity index (χ2v) is 5.92. The number of β-amino-alcohol motifs (C(OH)–C–C–N with tert-alkyl or cyclic N) is 1. The van der Waals surface area contributed by atoms with Crippen LogP contribution in [0.2, 0.25) is 0 Å². The molecule has 1 N–H and O–H groups in total. The van der Waals surface area contributed by atoms with Gasteiger partial charge in [-0.25, -0.2) is 0 Å². The van der Waals surface area contributed by atoms with E-state index >= 15 is 0 Å². The number of nitriles is 1. The SMILES string of the molecule is CCC1CN(C)CCCN1CC(O)c1ccc(C#N)cc1. The highest BCUT2D eigenvalue weighted by molar-refractivity contribution is 5.32. The Hall–Kier alpha value is -1.41. The zero-order valence-corrected chi connectivity index (χ0v) is 13.0. The van der Waals surface area contributed by atoms with Crippen molar-refractivity contribution in [3.8, 4) is 6.07 Å². The summed E-state index contributed by atoms with van der Waals surface area (Å²) in [5, 5.41) is 19.3. The molecular formula is C17H25N3O. The normalized spacial score (nSPS) is 22.5. The van der Waals surface area contributed by atoms with E-state index in [0.717, 1.165) is 38.0 Å². The third-order valence-corrected chi connectivity index (χ3v) is 4.33. The molecule has 0 aromatic heterocycles. The molecule has 2 unspecified atom stereocenters. The third kappa shape index (κ3) is 4.28. The Morgan fingerprint density at radius 1 is 1.33 bits per heavy atom. The van der Waals surface area contributed by atoms with Gasteiger partial charge < -0.3 is 10.0 Å². The predicted molar refractivity (Wildman–Crippen MR) is 83.9 cm³/mol. The van der Waals surface area contributed by atoms with Crippen molar-refractivity contribution in [2.45, 2.75) is 31.9 Å². The summed E-state index contributed by atoms with van der Waals surface area (Å²) in [5.74, 6) is 0. The lowest BCUT2D eigenvalue weighted by atomic mass is 10.1. The van der Waals surface area contributed by atoms with Gasteiger partial charge in [0.25, 0.3) is 0 Å². The molecule has 1 fully saturated rings. The molecule has 0 bridgehead atoms. The van der Waals surface area contributed by atoms with Crippen LogP contribution in [0.5, 0.6) is 0 Å². The lowest BCUT2D eigenvalue weighted by Crippen LogP contribution is -2.41. The summed E-state index contributed by atoms with van der Waals surface area (Å²) in [5.41, 5.74) is 1.52. The highest BCUT2D eigenvalue weighted by Gasteiger charge is 2.24. The molecule has 114 valence electrons. The first-order valence-electron chi connectivity index (χ1n) is 7.74. The quantitative estimate of drug-likeness (QED) is 0.920. The first-order chi connectivity index (χ1) is 10.1. The summed E-state index contributed by atoms with van der Waals surface area (Å²) < 4.78 is 0. The Kier molecular flexibility index (Phi) is 5.75. The molecule has 0 saturated carbocycles. The molecule has 0 aliphatic carbocycles. The van der Waals surface area contributed by atoms with Gasteiger partial charge in [-0.3, -0.25) is 4.90 Å². The van der Waals surface area contributed by atoms with Gasteiger partial charge in [0.2, 0.25) is 0 Å². The molecule has 1 aromatic carbocycles. The fourth-order valence-corrected chi connectivity index (χ4v) is 3.03. The van der Waals surface area contributed by atoms with E-state index in [0.29, 0.717) is 18.2 Å². The second kappa shape index (κ2) is 7.56. The average molecular weight is 287 g/mol. The van der Waals surface area contributed by atoms with E-state index in [4.69, 9.17) is 5.26 Å². The maximum atomic E-state index is 10.5. The minimum Gasteiger partial charge on any atom is -0.387 e. The molecule has 1 aromatic rings. The van der Waals surface area contributed by atoms with Crippen LogP contribution >= 0.6 is 0 Å². The summed E-state index contributed by atoms with van der Waals surface area (Å²) in [7, 11) is 2.17. The Labute approximate surface area is 127 Å². The first kappa shape index (κ1) is 16.0. The van der Waals surface area contributed by atoms with E-state index in [1.807, 2.05) is 12.1 Å². The van der Waals surface area contributed by atoms with Crippen molar-refractivity contribution in [2.24, 2.45) is 0 Å². The number of aliphatic hydroxyl groups excluding tert-OH is 1. The van der Waals surface area contributed by atoms with Gasteiger partial charge in [-0.1, -0.05) is 19.1 Å². The minimum atomic E-state index is -0.491. The Balaban J connectivity index is 2.02. The highest BCUT2D eigenvalue weighted by atomic mass is 16.3. The zero-order valence-electron chi connectivity index (χ0n) is 13.0. The molecule has 0 spiro atoms. The van der Waals surface area contributed by atoms with Crippen molar-refractivity contribution >= 4 is 0 Å². The van der Waals surface area contributed by atoms with Crippen molar-refractivity contribution < 1.29 is 5.11 Å². The summed E-state index contributed by atoms with van der Waals surface area (Å²) >= 11 is 0. The number of hydrogen-bond acceptors (Lipinski definition) is 4. The summed E-state index contributed by atoms with van der Waals surface area (Å²) in [4.78, 5) is 4.79. The third-order valence-electron chi connectivity index (χ3n) is 4.33. The van der Waals surface area contributed by atoms with E-state index in [-0.39, 0.29) is 0 Å². The molecule has 0 amide bonds. The van der Waals surface area contributed by atoms with Crippen LogP contribution in [0.25, 0.3) is 0 Å². The molecule has 1 aliphatic rings. The molecule has 4 heteroatoms. The average Bonchev–Trinajstić information content (AvgIpc) is 2.68. The van der Waals surface area contributed by atoms with Crippen molar-refractivity contribution in [3.05, 3.63) is 35.4 Å². The minimum absolute atomic E-state index is 0.491. The molecule has 0 radical (unpaired) electrons. The van der Waals surface area contributed by atoms with Crippen molar-refractivity contribution in [2.75, 3.05) is 33.2 Å². The number of aliphatic hydroxyl groups is 1. The van der Waals surface area contributed by atoms with Gasteiger partial charge in [0, 0.05) is 19.1 Å². The Bertz CT molecular complexity index is 480. The fraction of sp³-hybridized carbons (Fsp3) is 0.588. The monoisotopic (exact) mass is 287 g/mol. The second-order valence-electron chi connectivity index (χ2n) is 5.92. The molecule has 21 heavy (non-hydrogen) atoms. The van der Waals surface area contributed by atoms with Crippen LogP contribution in [0, 0.1) is 11.3 Å². The smallest absolute Gasteiger partial charge is 0.0991 e. The maximum Gasteiger partial charge on any atom is 0.0991 e. The summed E-state index contributed by atoms with van der Waals surface area (Å²) in [6.45, 7) is 6.11. The van der Waals surface area contributed by atoms with Crippen molar-refractivity contribution in [3.63, 3.8) is 0 Å². The maximum absolute atomic E-state index is 10.5. The van der Waals surface area contributed by atoms with Gasteiger partial charge in [-0.05, 0) is 50.7 Å². The van der Waals surface area contributed by atoms with Crippen LogP contribution in [0.4, 0.5) is 0 Å². The van der Waals surface area contributed by atoms with Crippen LogP contribution in [0.1, 0.15) is 37.0 Å². The molecule has 1 heterocycles. The van der Waals surface area contributed by atoms with E-state index in [1.165, 1.54) is 0 Å². The van der Waals surface area contributed by atoms with Crippen LogP contribution in [0.3, 0.4) is 0 Å². The largest absolute Gasteiger partial charge is 0.387 e. The molecule has 4 nitrogen and oxygen atoms in total. The van der Waals surface area contributed by atoms with Gasteiger partial charge >= 0.3 is 0 Å². The van der Waals surface area contributed by atoms with Crippen LogP contribution in [0.15, 0.2) is 24.3 Å². The van der Waals surface area contributed by atoms with Gasteiger partial charge in [0.05, 0.1) is 17.7 Å². The molecule has 1 saturated heterocycles. The fourth-order valence-electron chi connectivity index (χ4n) is 3.03. The molecular weight excluding hydrogens is 262 g/mol. The Morgan fingerprint density at radius 2 is 2.05 bits per heavy atom. The van der Waals surface area contributed by atoms with E-state index in [9.17, 15) is 5.11 Å². The van der Waals surface area contributed by atoms with Gasteiger partial charge in [-0.15, -0.1) is 0 Å². The topological polar surface area (TPSA) is 50.5 Å². The number of benzene rings is 1. The first-order valence-corrected chi connectivity index (χ1v) is 7.74. The predicted octanol–water partition coefficient (Wildman–Crippen LogP) is 2.01. The molecule has 1 aliphatic heterocycles. The van der Waals surface area contributed by atoms with E-state index in [1.54, 1.807) is 12.1 Å². The zero-order chi connectivity index (χ0) is 15.2. The summed E-state index contributed by atoms with van der Waals surface area (Å²) in [6.07, 6.45) is 1.76. The standard InChI is InChI=1S/C17H25N3O/c1-3-16-12-19(2)9-4-10-20(16)13-17(21)15-7-5-14(11-18)6-8-15/h5-8,16-17,21H,3-4,9-10,12-13H2,1-2H3. The lowest BCUT2D eigenvalue weighted by Gasteiger charge is -2.31. The van der Waals surface area contributed by atoms with Crippen LogP contribution in [-0.2, 0) is 0 Å². The summed E-state index contributed by atoms with van der Waals surface area (Å²) in [6, 6.07) is 9.86. The lowest BCUT2D eigenvalue weighted by molar-refractivity contribution is 0.0853. The number of nitrogens with zero attached hydrogens (tertiary/aromatic N) is 3.